The maximum atomic E-state index is 12.6. The van der Waals surface area contributed by atoms with Crippen LogP contribution in [0.25, 0.3) is 0 Å². The Hall–Kier alpha value is -1.74. The largest absolute Gasteiger partial charge is 0.417 e. The highest BCUT2D eigenvalue weighted by Gasteiger charge is 2.33. The van der Waals surface area contributed by atoms with E-state index < -0.39 is 17.3 Å². The number of nitriles is 1. The average Bonchev–Trinajstić information content (AvgIpc) is 2.27. The SMILES string of the molecule is N#Cc1ccc(N=C(N)CCl)cc1C(F)(F)F. The molecule has 0 saturated heterocycles. The number of benzene rings is 1. The van der Waals surface area contributed by atoms with Gasteiger partial charge in [-0.15, -0.1) is 11.6 Å². The summed E-state index contributed by atoms with van der Waals surface area (Å²) in [4.78, 5) is 3.68. The molecule has 0 spiro atoms. The minimum atomic E-state index is -4.60. The highest BCUT2D eigenvalue weighted by atomic mass is 35.5. The number of hydrogen-bond acceptors (Lipinski definition) is 2. The summed E-state index contributed by atoms with van der Waals surface area (Å²) in [5, 5.41) is 8.57. The molecule has 0 aliphatic heterocycles. The van der Waals surface area contributed by atoms with Gasteiger partial charge in [0.1, 0.15) is 5.84 Å². The van der Waals surface area contributed by atoms with Gasteiger partial charge in [0, 0.05) is 0 Å². The Labute approximate surface area is 100 Å². The van der Waals surface area contributed by atoms with Crippen molar-refractivity contribution in [3.8, 4) is 6.07 Å². The summed E-state index contributed by atoms with van der Waals surface area (Å²) in [7, 11) is 0. The van der Waals surface area contributed by atoms with E-state index in [-0.39, 0.29) is 17.4 Å². The Balaban J connectivity index is 3.29. The third-order valence-corrected chi connectivity index (χ3v) is 2.11. The van der Waals surface area contributed by atoms with Gasteiger partial charge >= 0.3 is 6.18 Å². The highest BCUT2D eigenvalue weighted by molar-refractivity contribution is 6.28. The number of halogens is 4. The summed E-state index contributed by atoms with van der Waals surface area (Å²) in [5.74, 6) is -0.0778. The molecule has 0 heterocycles. The molecular formula is C10H7ClF3N3. The van der Waals surface area contributed by atoms with Gasteiger partial charge in [0.25, 0.3) is 0 Å². The van der Waals surface area contributed by atoms with Crippen molar-refractivity contribution in [1.29, 1.82) is 5.26 Å². The van der Waals surface area contributed by atoms with Crippen LogP contribution in [0.4, 0.5) is 18.9 Å². The molecule has 0 aliphatic carbocycles. The number of nitrogens with zero attached hydrogens (tertiary/aromatic N) is 2. The number of hydrogen-bond donors (Lipinski definition) is 1. The van der Waals surface area contributed by atoms with Crippen molar-refractivity contribution in [2.45, 2.75) is 6.18 Å². The van der Waals surface area contributed by atoms with Crippen molar-refractivity contribution >= 4 is 23.1 Å². The standard InChI is InChI=1S/C10H7ClF3N3/c11-4-9(16)17-7-2-1-6(5-15)8(3-7)10(12,13)14/h1-3H,4H2,(H2,16,17). The molecule has 3 nitrogen and oxygen atoms in total. The van der Waals surface area contributed by atoms with Crippen molar-refractivity contribution in [1.82, 2.24) is 0 Å². The van der Waals surface area contributed by atoms with E-state index in [1.54, 1.807) is 0 Å². The zero-order valence-electron chi connectivity index (χ0n) is 8.42. The molecule has 2 N–H and O–H groups in total. The molecule has 90 valence electrons. The van der Waals surface area contributed by atoms with Gasteiger partial charge in [-0.3, -0.25) is 0 Å². The highest BCUT2D eigenvalue weighted by Crippen LogP contribution is 2.34. The first-order valence-corrected chi connectivity index (χ1v) is 4.92. The van der Waals surface area contributed by atoms with Crippen LogP contribution in [-0.2, 0) is 6.18 Å². The smallest absolute Gasteiger partial charge is 0.386 e. The second-order valence-corrected chi connectivity index (χ2v) is 3.34. The van der Waals surface area contributed by atoms with E-state index in [0.29, 0.717) is 0 Å². The van der Waals surface area contributed by atoms with Gasteiger partial charge < -0.3 is 5.73 Å². The monoisotopic (exact) mass is 261 g/mol. The third kappa shape index (κ3) is 3.36. The summed E-state index contributed by atoms with van der Waals surface area (Å²) < 4.78 is 37.7. The van der Waals surface area contributed by atoms with Crippen LogP contribution in [0.15, 0.2) is 23.2 Å². The van der Waals surface area contributed by atoms with E-state index in [2.05, 4.69) is 4.99 Å². The molecule has 0 aliphatic rings. The minimum absolute atomic E-state index is 0.00417. The Kier molecular flexibility index (Phi) is 3.97. The summed E-state index contributed by atoms with van der Waals surface area (Å²) in [6.07, 6.45) is -4.60. The van der Waals surface area contributed by atoms with Crippen LogP contribution in [0.2, 0.25) is 0 Å². The summed E-state index contributed by atoms with van der Waals surface area (Å²) in [5.41, 5.74) is 3.82. The number of amidine groups is 1. The fraction of sp³-hybridized carbons (Fsp3) is 0.200. The first-order valence-electron chi connectivity index (χ1n) is 4.39. The van der Waals surface area contributed by atoms with E-state index in [4.69, 9.17) is 22.6 Å². The predicted octanol–water partition coefficient (Wildman–Crippen LogP) is 2.80. The maximum Gasteiger partial charge on any atom is 0.417 e. The lowest BCUT2D eigenvalue weighted by Gasteiger charge is -2.09. The maximum absolute atomic E-state index is 12.6. The normalized spacial score (nSPS) is 12.3. The number of alkyl halides is 4. The van der Waals surface area contributed by atoms with Gasteiger partial charge in [0.15, 0.2) is 0 Å². The fourth-order valence-electron chi connectivity index (χ4n) is 1.13. The molecule has 1 aromatic carbocycles. The topological polar surface area (TPSA) is 62.2 Å². The lowest BCUT2D eigenvalue weighted by atomic mass is 10.1. The molecule has 0 unspecified atom stereocenters. The lowest BCUT2D eigenvalue weighted by molar-refractivity contribution is -0.137. The number of nitrogens with two attached hydrogens (primary N) is 1. The Bertz CT molecular complexity index is 489. The van der Waals surface area contributed by atoms with Crippen LogP contribution in [-0.4, -0.2) is 11.7 Å². The summed E-state index contributed by atoms with van der Waals surface area (Å²) in [6, 6.07) is 4.55. The lowest BCUT2D eigenvalue weighted by Crippen LogP contribution is -2.12. The van der Waals surface area contributed by atoms with Crippen molar-refractivity contribution in [3.05, 3.63) is 29.3 Å². The predicted molar refractivity (Wildman–Crippen MR) is 58.2 cm³/mol. The molecule has 0 saturated carbocycles. The summed E-state index contributed by atoms with van der Waals surface area (Å²) >= 11 is 5.36. The van der Waals surface area contributed by atoms with Gasteiger partial charge in [0.2, 0.25) is 0 Å². The Morgan fingerprint density at radius 3 is 2.59 bits per heavy atom. The molecule has 0 atom stereocenters. The molecule has 7 heteroatoms. The molecule has 0 radical (unpaired) electrons. The van der Waals surface area contributed by atoms with E-state index in [9.17, 15) is 13.2 Å². The van der Waals surface area contributed by atoms with Gasteiger partial charge in [-0.25, -0.2) is 4.99 Å². The summed E-state index contributed by atoms with van der Waals surface area (Å²) in [6.45, 7) is 0. The quantitative estimate of drug-likeness (QED) is 0.505. The Morgan fingerprint density at radius 2 is 2.12 bits per heavy atom. The molecule has 0 aromatic heterocycles. The van der Waals surface area contributed by atoms with Gasteiger partial charge in [-0.1, -0.05) is 0 Å². The first-order chi connectivity index (χ1) is 7.88. The van der Waals surface area contributed by atoms with E-state index in [1.165, 1.54) is 12.1 Å². The fourth-order valence-corrected chi connectivity index (χ4v) is 1.19. The van der Waals surface area contributed by atoms with Crippen LogP contribution in [0.1, 0.15) is 11.1 Å². The van der Waals surface area contributed by atoms with Crippen LogP contribution in [0.5, 0.6) is 0 Å². The molecular weight excluding hydrogens is 255 g/mol. The molecule has 0 bridgehead atoms. The first kappa shape index (κ1) is 13.3. The van der Waals surface area contributed by atoms with Crippen molar-refractivity contribution < 1.29 is 13.2 Å². The second kappa shape index (κ2) is 5.06. The average molecular weight is 262 g/mol. The van der Waals surface area contributed by atoms with Crippen LogP contribution in [0, 0.1) is 11.3 Å². The number of aliphatic imine (C=N–C) groups is 1. The van der Waals surface area contributed by atoms with E-state index in [1.807, 2.05) is 0 Å². The zero-order chi connectivity index (χ0) is 13.1. The van der Waals surface area contributed by atoms with Crippen molar-refractivity contribution in [2.75, 3.05) is 5.88 Å². The zero-order valence-corrected chi connectivity index (χ0v) is 9.18. The van der Waals surface area contributed by atoms with Crippen LogP contribution >= 0.6 is 11.6 Å². The molecule has 1 rings (SSSR count). The molecule has 0 amide bonds. The molecule has 17 heavy (non-hydrogen) atoms. The van der Waals surface area contributed by atoms with Crippen molar-refractivity contribution in [3.63, 3.8) is 0 Å². The van der Waals surface area contributed by atoms with Gasteiger partial charge in [-0.05, 0) is 18.2 Å². The van der Waals surface area contributed by atoms with Crippen LogP contribution in [0.3, 0.4) is 0 Å². The third-order valence-electron chi connectivity index (χ3n) is 1.84. The minimum Gasteiger partial charge on any atom is -0.386 e. The molecule has 0 fully saturated rings. The number of rotatable bonds is 2. The Morgan fingerprint density at radius 1 is 1.47 bits per heavy atom. The molecule has 1 aromatic rings. The van der Waals surface area contributed by atoms with Gasteiger partial charge in [0.05, 0.1) is 28.8 Å². The van der Waals surface area contributed by atoms with Gasteiger partial charge in [-0.2, -0.15) is 18.4 Å². The van der Waals surface area contributed by atoms with Crippen LogP contribution < -0.4 is 5.73 Å². The van der Waals surface area contributed by atoms with Crippen molar-refractivity contribution in [2.24, 2.45) is 10.7 Å². The van der Waals surface area contributed by atoms with E-state index >= 15 is 0 Å². The second-order valence-electron chi connectivity index (χ2n) is 3.08. The van der Waals surface area contributed by atoms with E-state index in [0.717, 1.165) is 12.1 Å².